The maximum Gasteiger partial charge on any atom is 0.352 e. The monoisotopic (exact) mass is 155 g/mol. The highest BCUT2D eigenvalue weighted by Gasteiger charge is 2.33. The summed E-state index contributed by atoms with van der Waals surface area (Å²) in [5.41, 5.74) is 4.22. The van der Waals surface area contributed by atoms with Crippen LogP contribution >= 0.6 is 0 Å². The minimum absolute atomic E-state index is 0.564. The summed E-state index contributed by atoms with van der Waals surface area (Å²) in [4.78, 5) is 14.7. The van der Waals surface area contributed by atoms with Gasteiger partial charge in [0.2, 0.25) is 5.66 Å². The minimum Gasteiger partial charge on any atom is -0.466 e. The fourth-order valence-corrected chi connectivity index (χ4v) is 0.697. The summed E-state index contributed by atoms with van der Waals surface area (Å²) in [6.07, 6.45) is 4.27. The molecule has 0 radical (unpaired) electrons. The van der Waals surface area contributed by atoms with E-state index in [4.69, 9.17) is 5.73 Å². The summed E-state index contributed by atoms with van der Waals surface area (Å²) in [7, 11) is 1.27. The molecule has 0 aromatic rings. The largest absolute Gasteiger partial charge is 0.466 e. The molecule has 1 aliphatic heterocycles. The van der Waals surface area contributed by atoms with Crippen molar-refractivity contribution in [3.8, 4) is 0 Å². The van der Waals surface area contributed by atoms with E-state index >= 15 is 0 Å². The Labute approximate surface area is 63.9 Å². The third kappa shape index (κ3) is 1.38. The summed E-state index contributed by atoms with van der Waals surface area (Å²) in [6, 6.07) is 0. The van der Waals surface area contributed by atoms with Crippen molar-refractivity contribution in [3.63, 3.8) is 0 Å². The lowest BCUT2D eigenvalue weighted by Gasteiger charge is -2.23. The smallest absolute Gasteiger partial charge is 0.352 e. The molecule has 0 spiro atoms. The molecule has 60 valence electrons. The van der Waals surface area contributed by atoms with Gasteiger partial charge in [0, 0.05) is 12.4 Å². The summed E-state index contributed by atoms with van der Waals surface area (Å²) in [5, 5.41) is 2.62. The molecular formula is C6H9N3O2. The van der Waals surface area contributed by atoms with Crippen LogP contribution in [0.4, 0.5) is 0 Å². The van der Waals surface area contributed by atoms with Gasteiger partial charge in [-0.25, -0.2) is 4.79 Å². The second-order valence-electron chi connectivity index (χ2n) is 2.10. The van der Waals surface area contributed by atoms with Crippen molar-refractivity contribution < 1.29 is 9.53 Å². The summed E-state index contributed by atoms with van der Waals surface area (Å²) in [5.74, 6) is -0.564. The SMILES string of the molecule is COC(=O)C1(N)C=NC=CN1. The van der Waals surface area contributed by atoms with Gasteiger partial charge in [0.25, 0.3) is 0 Å². The van der Waals surface area contributed by atoms with Crippen LogP contribution in [0, 0.1) is 0 Å². The van der Waals surface area contributed by atoms with Gasteiger partial charge in [0.15, 0.2) is 0 Å². The number of methoxy groups -OCH3 is 1. The normalized spacial score (nSPS) is 27.8. The van der Waals surface area contributed by atoms with Crippen molar-refractivity contribution in [3.05, 3.63) is 12.4 Å². The maximum atomic E-state index is 11.0. The van der Waals surface area contributed by atoms with Crippen LogP contribution in [0.1, 0.15) is 0 Å². The predicted octanol–water partition coefficient (Wildman–Crippen LogP) is -1.04. The average Bonchev–Trinajstić information content (AvgIpc) is 2.04. The molecule has 1 unspecified atom stereocenters. The quantitative estimate of drug-likeness (QED) is 0.474. The number of nitrogens with one attached hydrogen (secondary N) is 1. The number of nitrogens with two attached hydrogens (primary N) is 1. The van der Waals surface area contributed by atoms with E-state index in [-0.39, 0.29) is 0 Å². The van der Waals surface area contributed by atoms with Crippen molar-refractivity contribution in [2.24, 2.45) is 10.7 Å². The number of nitrogens with zero attached hydrogens (tertiary/aromatic N) is 1. The molecule has 3 N–H and O–H groups in total. The molecule has 0 fully saturated rings. The number of rotatable bonds is 1. The highest BCUT2D eigenvalue weighted by atomic mass is 16.5. The molecule has 1 heterocycles. The zero-order chi connectivity index (χ0) is 8.32. The maximum absolute atomic E-state index is 11.0. The predicted molar refractivity (Wildman–Crippen MR) is 39.7 cm³/mol. The van der Waals surface area contributed by atoms with Crippen LogP contribution in [0.15, 0.2) is 17.4 Å². The molecular weight excluding hydrogens is 146 g/mol. The Morgan fingerprint density at radius 2 is 2.55 bits per heavy atom. The van der Waals surface area contributed by atoms with Gasteiger partial charge in [0.05, 0.1) is 13.3 Å². The first-order chi connectivity index (χ1) is 5.19. The first kappa shape index (κ1) is 7.74. The molecule has 11 heavy (non-hydrogen) atoms. The van der Waals surface area contributed by atoms with Crippen molar-refractivity contribution >= 4 is 12.2 Å². The van der Waals surface area contributed by atoms with Crippen LogP contribution in [-0.2, 0) is 9.53 Å². The van der Waals surface area contributed by atoms with E-state index < -0.39 is 11.6 Å². The summed E-state index contributed by atoms with van der Waals surface area (Å²) in [6.45, 7) is 0. The van der Waals surface area contributed by atoms with Gasteiger partial charge in [-0.15, -0.1) is 0 Å². The molecule has 0 bridgehead atoms. The van der Waals surface area contributed by atoms with Gasteiger partial charge in [-0.3, -0.25) is 10.7 Å². The highest BCUT2D eigenvalue weighted by Crippen LogP contribution is 1.99. The fourth-order valence-electron chi connectivity index (χ4n) is 0.697. The number of esters is 1. The van der Waals surface area contributed by atoms with Gasteiger partial charge in [-0.05, 0) is 0 Å². The Morgan fingerprint density at radius 3 is 3.00 bits per heavy atom. The Hall–Kier alpha value is -1.36. The number of carbonyl (C=O) groups is 1. The molecule has 1 atom stereocenters. The second kappa shape index (κ2) is 2.71. The Balaban J connectivity index is 2.75. The molecule has 0 aromatic carbocycles. The zero-order valence-corrected chi connectivity index (χ0v) is 6.07. The molecule has 5 nitrogen and oxygen atoms in total. The van der Waals surface area contributed by atoms with E-state index in [0.29, 0.717) is 0 Å². The summed E-state index contributed by atoms with van der Waals surface area (Å²) < 4.78 is 4.44. The van der Waals surface area contributed by atoms with Gasteiger partial charge in [-0.2, -0.15) is 0 Å². The van der Waals surface area contributed by atoms with Crippen molar-refractivity contribution in [1.82, 2.24) is 5.32 Å². The highest BCUT2D eigenvalue weighted by molar-refractivity contribution is 5.99. The number of hydrogen-bond donors (Lipinski definition) is 2. The van der Waals surface area contributed by atoms with Crippen molar-refractivity contribution in [2.75, 3.05) is 7.11 Å². The van der Waals surface area contributed by atoms with Gasteiger partial charge >= 0.3 is 5.97 Å². The molecule has 1 rings (SSSR count). The molecule has 0 saturated heterocycles. The van der Waals surface area contributed by atoms with E-state index in [0.717, 1.165) is 0 Å². The third-order valence-corrected chi connectivity index (χ3v) is 1.28. The lowest BCUT2D eigenvalue weighted by atomic mass is 10.2. The zero-order valence-electron chi connectivity index (χ0n) is 6.07. The van der Waals surface area contributed by atoms with Crippen LogP contribution in [0.3, 0.4) is 0 Å². The molecule has 0 saturated carbocycles. The second-order valence-corrected chi connectivity index (χ2v) is 2.10. The van der Waals surface area contributed by atoms with Crippen LogP contribution < -0.4 is 11.1 Å². The first-order valence-electron chi connectivity index (χ1n) is 3.03. The molecule has 0 aliphatic carbocycles. The van der Waals surface area contributed by atoms with E-state index in [1.807, 2.05) is 0 Å². The van der Waals surface area contributed by atoms with E-state index in [2.05, 4.69) is 15.0 Å². The molecule has 0 amide bonds. The van der Waals surface area contributed by atoms with Crippen LogP contribution in [0.5, 0.6) is 0 Å². The summed E-state index contributed by atoms with van der Waals surface area (Å²) >= 11 is 0. The fraction of sp³-hybridized carbons (Fsp3) is 0.333. The lowest BCUT2D eigenvalue weighted by Crippen LogP contribution is -2.60. The van der Waals surface area contributed by atoms with Gasteiger partial charge < -0.3 is 10.1 Å². The number of hydrogen-bond acceptors (Lipinski definition) is 5. The Kier molecular flexibility index (Phi) is 1.91. The molecule has 1 aliphatic rings. The first-order valence-corrected chi connectivity index (χ1v) is 3.03. The Morgan fingerprint density at radius 1 is 1.82 bits per heavy atom. The molecule has 5 heteroatoms. The van der Waals surface area contributed by atoms with E-state index in [1.54, 1.807) is 0 Å². The standard InChI is InChI=1S/C6H9N3O2/c1-11-5(10)6(7)4-8-2-3-9-6/h2-4,9H,7H2,1H3. The lowest BCUT2D eigenvalue weighted by molar-refractivity contribution is -0.144. The molecule has 0 aromatic heterocycles. The Bertz CT molecular complexity index is 224. The van der Waals surface area contributed by atoms with Crippen molar-refractivity contribution in [2.45, 2.75) is 5.66 Å². The minimum atomic E-state index is -1.30. The number of carbonyl (C=O) groups excluding carboxylic acids is 1. The van der Waals surface area contributed by atoms with E-state index in [1.165, 1.54) is 25.7 Å². The van der Waals surface area contributed by atoms with E-state index in [9.17, 15) is 4.79 Å². The van der Waals surface area contributed by atoms with Crippen LogP contribution in [0.2, 0.25) is 0 Å². The van der Waals surface area contributed by atoms with Crippen LogP contribution in [0.25, 0.3) is 0 Å². The topological polar surface area (TPSA) is 76.7 Å². The van der Waals surface area contributed by atoms with Gasteiger partial charge in [-0.1, -0.05) is 0 Å². The number of aliphatic imine (C=N–C) groups is 1. The number of ether oxygens (including phenoxy) is 1. The van der Waals surface area contributed by atoms with Crippen molar-refractivity contribution in [1.29, 1.82) is 0 Å². The third-order valence-electron chi connectivity index (χ3n) is 1.28. The van der Waals surface area contributed by atoms with Crippen LogP contribution in [-0.4, -0.2) is 25.0 Å². The van der Waals surface area contributed by atoms with Gasteiger partial charge in [0.1, 0.15) is 0 Å². The average molecular weight is 155 g/mol.